The number of benzene rings is 3. The van der Waals surface area contributed by atoms with E-state index in [4.69, 9.17) is 0 Å². The molecule has 0 atom stereocenters. The molecule has 3 rings (SSSR count). The van der Waals surface area contributed by atoms with Crippen molar-refractivity contribution in [2.45, 2.75) is 13.8 Å². The highest BCUT2D eigenvalue weighted by Gasteiger charge is 2.12. The molecular weight excluding hydrogens is 296 g/mol. The number of carbonyl (C=O) groups excluding carboxylic acids is 1. The minimum Gasteiger partial charge on any atom is -0.267 e. The molecule has 0 saturated carbocycles. The number of hydrazone groups is 1. The molecule has 0 saturated heterocycles. The molecule has 120 valence electrons. The molecule has 3 aromatic carbocycles. The lowest BCUT2D eigenvalue weighted by Gasteiger charge is -2.11. The Kier molecular flexibility index (Phi) is 4.71. The summed E-state index contributed by atoms with van der Waals surface area (Å²) in [5.74, 6) is 0.0149. The maximum Gasteiger partial charge on any atom is 0.272 e. The fourth-order valence-electron chi connectivity index (χ4n) is 2.73. The Morgan fingerprint density at radius 3 is 2.29 bits per heavy atom. The zero-order chi connectivity index (χ0) is 16.9. The van der Waals surface area contributed by atoms with Gasteiger partial charge in [-0.05, 0) is 28.3 Å². The molecule has 3 aromatic rings. The molecule has 3 nitrogen and oxygen atoms in total. The summed E-state index contributed by atoms with van der Waals surface area (Å²) >= 11 is 0. The molecule has 1 amide bonds. The van der Waals surface area contributed by atoms with Crippen LogP contribution in [0.3, 0.4) is 0 Å². The first kappa shape index (κ1) is 15.9. The van der Waals surface area contributed by atoms with Gasteiger partial charge < -0.3 is 0 Å². The van der Waals surface area contributed by atoms with Crippen LogP contribution in [-0.4, -0.2) is 11.6 Å². The number of nitrogens with one attached hydrogen (secondary N) is 1. The fourth-order valence-corrected chi connectivity index (χ4v) is 2.73. The van der Waals surface area contributed by atoms with Gasteiger partial charge in [0.15, 0.2) is 0 Å². The quantitative estimate of drug-likeness (QED) is 0.553. The number of hydrogen-bond acceptors (Lipinski definition) is 2. The van der Waals surface area contributed by atoms with Crippen molar-refractivity contribution in [3.8, 4) is 0 Å². The number of nitrogens with zero attached hydrogens (tertiary/aromatic N) is 1. The smallest absolute Gasteiger partial charge is 0.267 e. The second kappa shape index (κ2) is 7.09. The zero-order valence-electron chi connectivity index (χ0n) is 13.9. The molecule has 0 bridgehead atoms. The first-order valence-corrected chi connectivity index (χ1v) is 8.08. The van der Waals surface area contributed by atoms with Crippen LogP contribution in [0.2, 0.25) is 0 Å². The highest BCUT2D eigenvalue weighted by atomic mass is 16.2. The number of carbonyl (C=O) groups is 1. The van der Waals surface area contributed by atoms with Crippen molar-refractivity contribution in [1.82, 2.24) is 5.43 Å². The lowest BCUT2D eigenvalue weighted by Crippen LogP contribution is -2.22. The fraction of sp³-hybridized carbons (Fsp3) is 0.143. The minimum absolute atomic E-state index is 0.194. The molecule has 3 heteroatoms. The van der Waals surface area contributed by atoms with Crippen molar-refractivity contribution in [3.05, 3.63) is 83.9 Å². The molecule has 24 heavy (non-hydrogen) atoms. The maximum atomic E-state index is 12.6. The van der Waals surface area contributed by atoms with Gasteiger partial charge in [-0.15, -0.1) is 0 Å². The topological polar surface area (TPSA) is 41.5 Å². The summed E-state index contributed by atoms with van der Waals surface area (Å²) in [7, 11) is 0. The van der Waals surface area contributed by atoms with Gasteiger partial charge in [-0.1, -0.05) is 80.6 Å². The standard InChI is InChI=1S/C21H20N2O/c1-15(2)20(17-10-4-3-5-11-17)22-23-21(24)19-14-8-12-16-9-6-7-13-18(16)19/h3-15H,1-2H3,(H,23,24)/b22-20-. The van der Waals surface area contributed by atoms with Gasteiger partial charge in [0.25, 0.3) is 5.91 Å². The largest absolute Gasteiger partial charge is 0.272 e. The van der Waals surface area contributed by atoms with Crippen molar-refractivity contribution in [2.75, 3.05) is 0 Å². The Hall–Kier alpha value is -2.94. The number of hydrogen-bond donors (Lipinski definition) is 1. The van der Waals surface area contributed by atoms with E-state index in [1.165, 1.54) is 0 Å². The van der Waals surface area contributed by atoms with Gasteiger partial charge in [0.05, 0.1) is 5.71 Å². The van der Waals surface area contributed by atoms with Gasteiger partial charge in [0.1, 0.15) is 0 Å². The summed E-state index contributed by atoms with van der Waals surface area (Å²) in [5.41, 5.74) is 5.24. The van der Waals surface area contributed by atoms with Gasteiger partial charge in [0, 0.05) is 5.56 Å². The van der Waals surface area contributed by atoms with E-state index in [0.717, 1.165) is 22.0 Å². The molecule has 0 radical (unpaired) electrons. The van der Waals surface area contributed by atoms with E-state index in [9.17, 15) is 4.79 Å². The van der Waals surface area contributed by atoms with Crippen LogP contribution in [0, 0.1) is 5.92 Å². The third-order valence-corrected chi connectivity index (χ3v) is 3.93. The molecule has 0 heterocycles. The van der Waals surface area contributed by atoms with E-state index in [-0.39, 0.29) is 11.8 Å². The minimum atomic E-state index is -0.194. The summed E-state index contributed by atoms with van der Waals surface area (Å²) in [6, 6.07) is 23.5. The van der Waals surface area contributed by atoms with Crippen LogP contribution >= 0.6 is 0 Å². The van der Waals surface area contributed by atoms with Gasteiger partial charge in [-0.2, -0.15) is 5.10 Å². The number of amides is 1. The lowest BCUT2D eigenvalue weighted by molar-refractivity contribution is 0.0956. The Bertz CT molecular complexity index is 877. The first-order valence-electron chi connectivity index (χ1n) is 8.08. The second-order valence-corrected chi connectivity index (χ2v) is 5.99. The third kappa shape index (κ3) is 3.35. The predicted molar refractivity (Wildman–Crippen MR) is 99.2 cm³/mol. The summed E-state index contributed by atoms with van der Waals surface area (Å²) in [5, 5.41) is 6.37. The van der Waals surface area contributed by atoms with Crippen LogP contribution in [0.4, 0.5) is 0 Å². The van der Waals surface area contributed by atoms with Crippen LogP contribution in [0.1, 0.15) is 29.8 Å². The molecule has 0 spiro atoms. The van der Waals surface area contributed by atoms with Crippen molar-refractivity contribution in [1.29, 1.82) is 0 Å². The van der Waals surface area contributed by atoms with E-state index < -0.39 is 0 Å². The molecule has 0 aliphatic rings. The molecule has 1 N–H and O–H groups in total. The average molecular weight is 316 g/mol. The highest BCUT2D eigenvalue weighted by molar-refractivity contribution is 6.08. The Morgan fingerprint density at radius 2 is 1.54 bits per heavy atom. The first-order chi connectivity index (χ1) is 11.7. The lowest BCUT2D eigenvalue weighted by atomic mass is 10.0. The Balaban J connectivity index is 1.90. The van der Waals surface area contributed by atoms with Crippen molar-refractivity contribution in [3.63, 3.8) is 0 Å². The third-order valence-electron chi connectivity index (χ3n) is 3.93. The number of fused-ring (bicyclic) bond motifs is 1. The normalized spacial score (nSPS) is 11.7. The van der Waals surface area contributed by atoms with Crippen LogP contribution < -0.4 is 5.43 Å². The van der Waals surface area contributed by atoms with Gasteiger partial charge in [-0.25, -0.2) is 5.43 Å². The summed E-state index contributed by atoms with van der Waals surface area (Å²) in [6.07, 6.45) is 0. The second-order valence-electron chi connectivity index (χ2n) is 5.99. The van der Waals surface area contributed by atoms with Gasteiger partial charge in [0.2, 0.25) is 0 Å². The highest BCUT2D eigenvalue weighted by Crippen LogP contribution is 2.18. The molecule has 0 aromatic heterocycles. The maximum absolute atomic E-state index is 12.6. The predicted octanol–water partition coefficient (Wildman–Crippen LogP) is 4.63. The molecule has 0 aliphatic heterocycles. The van der Waals surface area contributed by atoms with Crippen LogP contribution in [0.5, 0.6) is 0 Å². The van der Waals surface area contributed by atoms with Gasteiger partial charge in [-0.3, -0.25) is 4.79 Å². The number of rotatable bonds is 4. The molecular formula is C21H20N2O. The van der Waals surface area contributed by atoms with Crippen LogP contribution in [0.25, 0.3) is 10.8 Å². The summed E-state index contributed by atoms with van der Waals surface area (Å²) in [4.78, 5) is 12.6. The van der Waals surface area contributed by atoms with E-state index in [1.807, 2.05) is 72.8 Å². The molecule has 0 aliphatic carbocycles. The van der Waals surface area contributed by atoms with Gasteiger partial charge >= 0.3 is 0 Å². The van der Waals surface area contributed by atoms with Crippen LogP contribution in [-0.2, 0) is 0 Å². The van der Waals surface area contributed by atoms with Crippen LogP contribution in [0.15, 0.2) is 77.9 Å². The molecule has 0 unspecified atom stereocenters. The summed E-state index contributed by atoms with van der Waals surface area (Å²) < 4.78 is 0. The molecule has 0 fully saturated rings. The van der Waals surface area contributed by atoms with E-state index >= 15 is 0 Å². The average Bonchev–Trinajstić information content (AvgIpc) is 2.62. The Labute approximate surface area is 142 Å². The SMILES string of the molecule is CC(C)/C(=N/NC(=O)c1cccc2ccccc12)c1ccccc1. The summed E-state index contributed by atoms with van der Waals surface area (Å²) in [6.45, 7) is 4.13. The Morgan fingerprint density at radius 1 is 0.875 bits per heavy atom. The van der Waals surface area contributed by atoms with Crippen molar-refractivity contribution in [2.24, 2.45) is 11.0 Å². The van der Waals surface area contributed by atoms with E-state index in [0.29, 0.717) is 5.56 Å². The van der Waals surface area contributed by atoms with E-state index in [1.54, 1.807) is 0 Å². The zero-order valence-corrected chi connectivity index (χ0v) is 13.9. The monoisotopic (exact) mass is 316 g/mol. The van der Waals surface area contributed by atoms with Crippen molar-refractivity contribution >= 4 is 22.4 Å². The van der Waals surface area contributed by atoms with Crippen molar-refractivity contribution < 1.29 is 4.79 Å². The van der Waals surface area contributed by atoms with E-state index in [2.05, 4.69) is 24.4 Å².